The Morgan fingerprint density at radius 1 is 1.19 bits per heavy atom. The first kappa shape index (κ1) is 18.7. The molecule has 2 amide bonds. The molecule has 6 nitrogen and oxygen atoms in total. The number of thiophene rings is 1. The van der Waals surface area contributed by atoms with Gasteiger partial charge in [-0.05, 0) is 33.3 Å². The normalized spacial score (nSPS) is 14.0. The van der Waals surface area contributed by atoms with E-state index in [4.69, 9.17) is 9.47 Å². The molecule has 0 saturated heterocycles. The van der Waals surface area contributed by atoms with Gasteiger partial charge in [-0.25, -0.2) is 0 Å². The number of amides is 2. The molecule has 3 rings (SSSR count). The van der Waals surface area contributed by atoms with E-state index in [0.717, 1.165) is 0 Å². The Morgan fingerprint density at radius 3 is 2.50 bits per heavy atom. The highest BCUT2D eigenvalue weighted by Crippen LogP contribution is 2.38. The summed E-state index contributed by atoms with van der Waals surface area (Å²) in [4.78, 5) is 25.6. The molecule has 0 spiro atoms. The molecule has 1 aromatic heterocycles. The molecule has 0 aliphatic carbocycles. The second kappa shape index (κ2) is 8.09. The molecule has 0 bridgehead atoms. The quantitative estimate of drug-likeness (QED) is 0.746. The molecule has 1 aliphatic rings. The lowest BCUT2D eigenvalue weighted by molar-refractivity contribution is -0.118. The third-order valence-electron chi connectivity index (χ3n) is 3.87. The summed E-state index contributed by atoms with van der Waals surface area (Å²) >= 11 is 4.77. The molecule has 1 aromatic carbocycles. The van der Waals surface area contributed by atoms with Crippen LogP contribution in [0.2, 0.25) is 0 Å². The fraction of sp³-hybridized carbons (Fsp3) is 0.333. The van der Waals surface area contributed by atoms with Crippen LogP contribution in [0.1, 0.15) is 23.5 Å². The van der Waals surface area contributed by atoms with Gasteiger partial charge in [0, 0.05) is 16.6 Å². The first-order valence-corrected chi connectivity index (χ1v) is 9.87. The molecule has 8 heteroatoms. The summed E-state index contributed by atoms with van der Waals surface area (Å²) in [6, 6.07) is 6.35. The van der Waals surface area contributed by atoms with Gasteiger partial charge in [0.1, 0.15) is 19.3 Å². The van der Waals surface area contributed by atoms with E-state index in [0.29, 0.717) is 39.8 Å². The number of carbonyl (C=O) groups excluding carboxylic acids is 2. The smallest absolute Gasteiger partial charge is 0.262 e. The minimum Gasteiger partial charge on any atom is -0.486 e. The molecule has 0 radical (unpaired) electrons. The van der Waals surface area contributed by atoms with Gasteiger partial charge in [0.2, 0.25) is 5.91 Å². The number of ether oxygens (including phenoxy) is 2. The van der Waals surface area contributed by atoms with Crippen molar-refractivity contribution >= 4 is 44.8 Å². The van der Waals surface area contributed by atoms with E-state index in [2.05, 4.69) is 26.6 Å². The summed E-state index contributed by atoms with van der Waals surface area (Å²) in [6.07, 6.45) is 0. The van der Waals surface area contributed by atoms with Crippen LogP contribution in [0.3, 0.4) is 0 Å². The number of nitrogens with one attached hydrogen (secondary N) is 2. The van der Waals surface area contributed by atoms with Gasteiger partial charge in [-0.1, -0.05) is 19.9 Å². The average molecular weight is 439 g/mol. The summed E-state index contributed by atoms with van der Waals surface area (Å²) in [6.45, 7) is 4.73. The molecule has 2 N–H and O–H groups in total. The van der Waals surface area contributed by atoms with Gasteiger partial charge in [-0.2, -0.15) is 0 Å². The zero-order valence-corrected chi connectivity index (χ0v) is 16.8. The molecule has 26 heavy (non-hydrogen) atoms. The predicted molar refractivity (Wildman–Crippen MR) is 104 cm³/mol. The van der Waals surface area contributed by atoms with Crippen LogP contribution in [-0.4, -0.2) is 31.1 Å². The van der Waals surface area contributed by atoms with Gasteiger partial charge in [0.25, 0.3) is 5.91 Å². The third kappa shape index (κ3) is 4.19. The van der Waals surface area contributed by atoms with Gasteiger partial charge in [-0.15, -0.1) is 11.3 Å². The van der Waals surface area contributed by atoms with E-state index in [1.807, 2.05) is 19.2 Å². The lowest BCUT2D eigenvalue weighted by Gasteiger charge is -2.23. The second-order valence-corrected chi connectivity index (χ2v) is 7.94. The number of fused-ring (bicyclic) bond motifs is 1. The van der Waals surface area contributed by atoms with E-state index >= 15 is 0 Å². The molecular weight excluding hydrogens is 420 g/mol. The van der Waals surface area contributed by atoms with Crippen molar-refractivity contribution in [1.82, 2.24) is 5.32 Å². The summed E-state index contributed by atoms with van der Waals surface area (Å²) in [7, 11) is 0. The molecule has 0 saturated carbocycles. The van der Waals surface area contributed by atoms with Crippen molar-refractivity contribution in [3.63, 3.8) is 0 Å². The summed E-state index contributed by atoms with van der Waals surface area (Å²) in [5, 5.41) is 7.49. The van der Waals surface area contributed by atoms with Crippen molar-refractivity contribution in [2.24, 2.45) is 5.92 Å². The maximum absolute atomic E-state index is 12.8. The molecule has 1 atom stereocenters. The highest BCUT2D eigenvalue weighted by atomic mass is 79.9. The summed E-state index contributed by atoms with van der Waals surface area (Å²) in [5.74, 6) is 0.596. The first-order chi connectivity index (χ1) is 12.5. The lowest BCUT2D eigenvalue weighted by atomic mass is 10.0. The van der Waals surface area contributed by atoms with Gasteiger partial charge in [-0.3, -0.25) is 9.59 Å². The van der Waals surface area contributed by atoms with Crippen LogP contribution < -0.4 is 20.1 Å². The molecular formula is C18H19BrN2O4S. The predicted octanol–water partition coefficient (Wildman–Crippen LogP) is 3.67. The topological polar surface area (TPSA) is 76.7 Å². The number of anilines is 1. The van der Waals surface area contributed by atoms with E-state index < -0.39 is 6.04 Å². The van der Waals surface area contributed by atoms with Crippen LogP contribution in [0.25, 0.3) is 0 Å². The fourth-order valence-electron chi connectivity index (χ4n) is 2.53. The Bertz CT molecular complexity index is 808. The number of hydrogen-bond donors (Lipinski definition) is 2. The standard InChI is InChI=1S/C18H19BrN2O4S/c1-10(2)16(21-17(22)15-4-3-7-26-15)18(23)20-12-9-14-13(8-11(12)19)24-5-6-25-14/h3-4,7-10,16H,5-6H2,1-2H3,(H,20,23)(H,21,22)/t16-/m1/s1. The Morgan fingerprint density at radius 2 is 1.88 bits per heavy atom. The van der Waals surface area contributed by atoms with Gasteiger partial charge < -0.3 is 20.1 Å². The maximum atomic E-state index is 12.8. The molecule has 1 aliphatic heterocycles. The monoisotopic (exact) mass is 438 g/mol. The Hall–Kier alpha value is -2.06. The van der Waals surface area contributed by atoms with Crippen molar-refractivity contribution in [1.29, 1.82) is 0 Å². The minimum absolute atomic E-state index is 0.0742. The van der Waals surface area contributed by atoms with Crippen LogP contribution in [0.4, 0.5) is 5.69 Å². The molecule has 138 valence electrons. The van der Waals surface area contributed by atoms with Crippen LogP contribution in [0.5, 0.6) is 11.5 Å². The van der Waals surface area contributed by atoms with E-state index in [1.165, 1.54) is 11.3 Å². The molecule has 0 unspecified atom stereocenters. The van der Waals surface area contributed by atoms with E-state index in [-0.39, 0.29) is 17.7 Å². The largest absolute Gasteiger partial charge is 0.486 e. The van der Waals surface area contributed by atoms with Crippen molar-refractivity contribution in [3.8, 4) is 11.5 Å². The van der Waals surface area contributed by atoms with Crippen molar-refractivity contribution in [3.05, 3.63) is 39.0 Å². The van der Waals surface area contributed by atoms with Crippen molar-refractivity contribution < 1.29 is 19.1 Å². The molecule has 2 heterocycles. The van der Waals surface area contributed by atoms with Gasteiger partial charge >= 0.3 is 0 Å². The molecule has 2 aromatic rings. The fourth-order valence-corrected chi connectivity index (χ4v) is 3.57. The number of benzene rings is 1. The Labute approximate surface area is 164 Å². The van der Waals surface area contributed by atoms with Crippen LogP contribution in [0, 0.1) is 5.92 Å². The van der Waals surface area contributed by atoms with Crippen molar-refractivity contribution in [2.45, 2.75) is 19.9 Å². The minimum atomic E-state index is -0.662. The van der Waals surface area contributed by atoms with E-state index in [9.17, 15) is 9.59 Å². The lowest BCUT2D eigenvalue weighted by Crippen LogP contribution is -2.47. The maximum Gasteiger partial charge on any atom is 0.262 e. The summed E-state index contributed by atoms with van der Waals surface area (Å²) in [5.41, 5.74) is 0.565. The highest BCUT2D eigenvalue weighted by Gasteiger charge is 2.26. The van der Waals surface area contributed by atoms with Gasteiger partial charge in [0.15, 0.2) is 11.5 Å². The summed E-state index contributed by atoms with van der Waals surface area (Å²) < 4.78 is 11.8. The number of halogens is 1. The Balaban J connectivity index is 1.75. The first-order valence-electron chi connectivity index (χ1n) is 8.20. The van der Waals surface area contributed by atoms with Gasteiger partial charge in [0.05, 0.1) is 10.6 Å². The average Bonchev–Trinajstić information content (AvgIpc) is 3.14. The highest BCUT2D eigenvalue weighted by molar-refractivity contribution is 9.10. The van der Waals surface area contributed by atoms with Crippen LogP contribution in [0.15, 0.2) is 34.1 Å². The zero-order chi connectivity index (χ0) is 18.7. The second-order valence-electron chi connectivity index (χ2n) is 6.14. The Kier molecular flexibility index (Phi) is 5.83. The number of carbonyl (C=O) groups is 2. The van der Waals surface area contributed by atoms with Crippen LogP contribution in [-0.2, 0) is 4.79 Å². The van der Waals surface area contributed by atoms with Crippen molar-refractivity contribution in [2.75, 3.05) is 18.5 Å². The SMILES string of the molecule is CC(C)[C@@H](NC(=O)c1cccs1)C(=O)Nc1cc2c(cc1Br)OCCO2. The molecule has 0 fully saturated rings. The third-order valence-corrected chi connectivity index (χ3v) is 5.40. The van der Waals surface area contributed by atoms with E-state index in [1.54, 1.807) is 24.3 Å². The number of rotatable bonds is 5. The number of hydrogen-bond acceptors (Lipinski definition) is 5. The zero-order valence-electron chi connectivity index (χ0n) is 14.4. The van der Waals surface area contributed by atoms with Crippen LogP contribution >= 0.6 is 27.3 Å².